The second-order valence-corrected chi connectivity index (χ2v) is 8.22. The molecule has 0 saturated carbocycles. The van der Waals surface area contributed by atoms with Crippen molar-refractivity contribution >= 4 is 11.9 Å². The van der Waals surface area contributed by atoms with Gasteiger partial charge in [-0.3, -0.25) is 0 Å². The van der Waals surface area contributed by atoms with Crippen LogP contribution in [0.5, 0.6) is 0 Å². The lowest BCUT2D eigenvalue weighted by atomic mass is 9.91. The number of alkyl halides is 3. The fraction of sp³-hybridized carbons (Fsp3) is 0.259. The number of halogens is 3. The highest BCUT2D eigenvalue weighted by Crippen LogP contribution is 2.22. The molecule has 184 valence electrons. The first-order chi connectivity index (χ1) is 16.7. The summed E-state index contributed by atoms with van der Waals surface area (Å²) in [6.07, 6.45) is -3.26. The van der Waals surface area contributed by atoms with E-state index in [2.05, 4.69) is 41.7 Å². The lowest BCUT2D eigenvalue weighted by Crippen LogP contribution is -2.42. The van der Waals surface area contributed by atoms with Gasteiger partial charge in [0.2, 0.25) is 0 Å². The highest BCUT2D eigenvalue weighted by molar-refractivity contribution is 5.90. The Labute approximate surface area is 201 Å². The van der Waals surface area contributed by atoms with E-state index in [0.29, 0.717) is 11.5 Å². The van der Waals surface area contributed by atoms with Crippen LogP contribution in [-0.4, -0.2) is 42.4 Å². The Balaban J connectivity index is 0.000000429. The van der Waals surface area contributed by atoms with E-state index in [1.54, 1.807) is 0 Å². The Kier molecular flexibility index (Phi) is 9.03. The van der Waals surface area contributed by atoms with Crippen LogP contribution < -0.4 is 5.32 Å². The number of hydrogen-bond donors (Lipinski definition) is 2. The molecule has 1 aliphatic rings. The van der Waals surface area contributed by atoms with Gasteiger partial charge in [0.15, 0.2) is 0 Å². The van der Waals surface area contributed by atoms with E-state index in [9.17, 15) is 18.0 Å². The lowest BCUT2D eigenvalue weighted by molar-refractivity contribution is -0.192. The number of carboxylic acid groups (broad SMARTS) is 1. The first kappa shape index (κ1) is 26.0. The van der Waals surface area contributed by atoms with Gasteiger partial charge in [-0.2, -0.15) is 13.2 Å². The van der Waals surface area contributed by atoms with Gasteiger partial charge in [-0.15, -0.1) is 0 Å². The number of carboxylic acids is 1. The van der Waals surface area contributed by atoms with Crippen molar-refractivity contribution in [1.29, 1.82) is 0 Å². The summed E-state index contributed by atoms with van der Waals surface area (Å²) in [6, 6.07) is 28.3. The van der Waals surface area contributed by atoms with Crippen LogP contribution in [0, 0.1) is 5.92 Å². The van der Waals surface area contributed by atoms with E-state index in [1.165, 1.54) is 5.56 Å². The van der Waals surface area contributed by atoms with Crippen LogP contribution in [0.3, 0.4) is 0 Å². The summed E-state index contributed by atoms with van der Waals surface area (Å²) in [5.74, 6) is -2.52. The third kappa shape index (κ3) is 8.26. The van der Waals surface area contributed by atoms with E-state index in [4.69, 9.17) is 14.6 Å². The minimum absolute atomic E-state index is 0.0798. The molecule has 1 heterocycles. The number of esters is 1. The van der Waals surface area contributed by atoms with Crippen molar-refractivity contribution in [3.63, 3.8) is 0 Å². The van der Waals surface area contributed by atoms with Gasteiger partial charge in [0.1, 0.15) is 6.10 Å². The number of benzene rings is 3. The summed E-state index contributed by atoms with van der Waals surface area (Å²) in [4.78, 5) is 21.5. The average Bonchev–Trinajstić information content (AvgIpc) is 2.85. The maximum absolute atomic E-state index is 12.6. The number of nitrogens with one attached hydrogen (secondary N) is 1. The van der Waals surface area contributed by atoms with Crippen molar-refractivity contribution in [2.75, 3.05) is 13.1 Å². The molecule has 0 spiro atoms. The standard InChI is InChI=1S/C25H25NO2.C2HF3O2/c27-25(23-13-11-22(12-14-23)21-9-5-2-6-10-21)28-24-16-20(17-26-18-24)15-19-7-3-1-4-8-19;3-2(4,5)1(6)7/h1-14,20,24,26H,15-18H2;(H,6,7). The molecule has 0 radical (unpaired) electrons. The summed E-state index contributed by atoms with van der Waals surface area (Å²) in [6.45, 7) is 1.69. The highest BCUT2D eigenvalue weighted by Gasteiger charge is 2.38. The molecule has 35 heavy (non-hydrogen) atoms. The van der Waals surface area contributed by atoms with Gasteiger partial charge in [-0.05, 0) is 54.1 Å². The molecular weight excluding hydrogens is 459 g/mol. The maximum atomic E-state index is 12.6. The molecule has 3 aromatic carbocycles. The second kappa shape index (κ2) is 12.2. The number of hydrogen-bond acceptors (Lipinski definition) is 4. The Morgan fingerprint density at radius 1 is 0.857 bits per heavy atom. The molecule has 2 N–H and O–H groups in total. The topological polar surface area (TPSA) is 75.6 Å². The summed E-state index contributed by atoms with van der Waals surface area (Å²) in [5.41, 5.74) is 4.17. The van der Waals surface area contributed by atoms with Gasteiger partial charge in [0, 0.05) is 6.54 Å². The minimum Gasteiger partial charge on any atom is -0.475 e. The zero-order chi connectivity index (χ0) is 25.3. The van der Waals surface area contributed by atoms with Gasteiger partial charge in [-0.1, -0.05) is 72.8 Å². The fourth-order valence-electron chi connectivity index (χ4n) is 3.83. The quantitative estimate of drug-likeness (QED) is 0.476. The molecular formula is C27H26F3NO4. The largest absolute Gasteiger partial charge is 0.490 e. The second-order valence-electron chi connectivity index (χ2n) is 8.22. The molecule has 0 aromatic heterocycles. The molecule has 0 aliphatic carbocycles. The molecule has 0 amide bonds. The molecule has 5 nitrogen and oxygen atoms in total. The molecule has 1 fully saturated rings. The van der Waals surface area contributed by atoms with E-state index in [1.807, 2.05) is 48.5 Å². The number of aliphatic carboxylic acids is 1. The van der Waals surface area contributed by atoms with Crippen LogP contribution in [0.1, 0.15) is 22.3 Å². The third-order valence-electron chi connectivity index (χ3n) is 5.51. The molecule has 4 rings (SSSR count). The van der Waals surface area contributed by atoms with Crippen molar-refractivity contribution in [2.45, 2.75) is 25.1 Å². The normalized spacial score (nSPS) is 17.6. The Morgan fingerprint density at radius 3 is 1.97 bits per heavy atom. The van der Waals surface area contributed by atoms with Crippen LogP contribution in [0.2, 0.25) is 0 Å². The van der Waals surface area contributed by atoms with Crippen LogP contribution in [0.15, 0.2) is 84.9 Å². The highest BCUT2D eigenvalue weighted by atomic mass is 19.4. The summed E-state index contributed by atoms with van der Waals surface area (Å²) >= 11 is 0. The predicted octanol–water partition coefficient (Wildman–Crippen LogP) is 5.36. The van der Waals surface area contributed by atoms with Crippen molar-refractivity contribution in [3.8, 4) is 11.1 Å². The predicted molar refractivity (Wildman–Crippen MR) is 126 cm³/mol. The average molecular weight is 486 g/mol. The van der Waals surface area contributed by atoms with Crippen molar-refractivity contribution < 1.29 is 32.6 Å². The zero-order valence-corrected chi connectivity index (χ0v) is 18.9. The first-order valence-electron chi connectivity index (χ1n) is 11.1. The van der Waals surface area contributed by atoms with Gasteiger partial charge >= 0.3 is 18.1 Å². The van der Waals surface area contributed by atoms with Crippen LogP contribution >= 0.6 is 0 Å². The zero-order valence-electron chi connectivity index (χ0n) is 18.9. The molecule has 1 saturated heterocycles. The van der Waals surface area contributed by atoms with Crippen molar-refractivity contribution in [1.82, 2.24) is 5.32 Å². The van der Waals surface area contributed by atoms with Crippen LogP contribution in [-0.2, 0) is 16.0 Å². The SMILES string of the molecule is O=C(O)C(F)(F)F.O=C(OC1CNCC(Cc2ccccc2)C1)c1ccc(-c2ccccc2)cc1. The molecule has 1 aliphatic heterocycles. The number of piperidine rings is 1. The van der Waals surface area contributed by atoms with Gasteiger partial charge in [0.25, 0.3) is 0 Å². The van der Waals surface area contributed by atoms with Crippen molar-refractivity contribution in [3.05, 3.63) is 96.1 Å². The van der Waals surface area contributed by atoms with Gasteiger partial charge in [-0.25, -0.2) is 9.59 Å². The van der Waals surface area contributed by atoms with E-state index in [0.717, 1.165) is 37.1 Å². The number of ether oxygens (including phenoxy) is 1. The number of rotatable bonds is 5. The third-order valence-corrected chi connectivity index (χ3v) is 5.51. The van der Waals surface area contributed by atoms with Crippen LogP contribution in [0.4, 0.5) is 13.2 Å². The molecule has 2 atom stereocenters. The molecule has 0 bridgehead atoms. The molecule has 8 heteroatoms. The Morgan fingerprint density at radius 2 is 1.40 bits per heavy atom. The number of carbonyl (C=O) groups excluding carboxylic acids is 1. The minimum atomic E-state index is -5.08. The lowest BCUT2D eigenvalue weighted by Gasteiger charge is -2.30. The Bertz CT molecular complexity index is 1090. The monoisotopic (exact) mass is 485 g/mol. The maximum Gasteiger partial charge on any atom is 0.490 e. The van der Waals surface area contributed by atoms with E-state index in [-0.39, 0.29) is 12.1 Å². The van der Waals surface area contributed by atoms with E-state index >= 15 is 0 Å². The molecule has 2 unspecified atom stereocenters. The first-order valence-corrected chi connectivity index (χ1v) is 11.1. The van der Waals surface area contributed by atoms with Crippen LogP contribution in [0.25, 0.3) is 11.1 Å². The summed E-state index contributed by atoms with van der Waals surface area (Å²) in [7, 11) is 0. The van der Waals surface area contributed by atoms with Crippen molar-refractivity contribution in [2.24, 2.45) is 5.92 Å². The fourth-order valence-corrected chi connectivity index (χ4v) is 3.83. The summed E-state index contributed by atoms with van der Waals surface area (Å²) in [5, 5.41) is 10.5. The number of carbonyl (C=O) groups is 2. The Hall–Kier alpha value is -3.65. The smallest absolute Gasteiger partial charge is 0.475 e. The van der Waals surface area contributed by atoms with E-state index < -0.39 is 12.1 Å². The van der Waals surface area contributed by atoms with Gasteiger partial charge < -0.3 is 15.2 Å². The van der Waals surface area contributed by atoms with Gasteiger partial charge in [0.05, 0.1) is 5.56 Å². The summed E-state index contributed by atoms with van der Waals surface area (Å²) < 4.78 is 37.5. The molecule has 3 aromatic rings.